The number of nitrogens with one attached hydrogen (secondary N) is 1. The zero-order valence-corrected chi connectivity index (χ0v) is 19.0. The fraction of sp³-hybridized carbons (Fsp3) is 0.304. The average molecular weight is 454 g/mol. The van der Waals surface area contributed by atoms with Gasteiger partial charge in [0, 0.05) is 41.4 Å². The highest BCUT2D eigenvalue weighted by Crippen LogP contribution is 2.33. The summed E-state index contributed by atoms with van der Waals surface area (Å²) in [6.45, 7) is 5.53. The summed E-state index contributed by atoms with van der Waals surface area (Å²) in [5, 5.41) is 1.02. The van der Waals surface area contributed by atoms with E-state index >= 15 is 0 Å². The molecule has 4 rings (SSSR count). The standard InChI is InChI=1S/C23H23N3O5S/c1-5-31-22(29)18-16(10-13-11-17(27)24-15-9-7-6-8-14(13)15)32-21-19(18)20(28)25(4)23(30)26(21)12(2)3/h6-9,11-12H,5,10H2,1-4H3,(H,24,27). The summed E-state index contributed by atoms with van der Waals surface area (Å²) in [7, 11) is 1.40. The van der Waals surface area contributed by atoms with Gasteiger partial charge in [-0.05, 0) is 32.4 Å². The molecule has 0 aliphatic rings. The molecule has 8 nitrogen and oxygen atoms in total. The first-order valence-electron chi connectivity index (χ1n) is 10.3. The topological polar surface area (TPSA) is 103 Å². The van der Waals surface area contributed by atoms with E-state index in [1.807, 2.05) is 38.1 Å². The monoisotopic (exact) mass is 453 g/mol. The maximum atomic E-state index is 13.1. The van der Waals surface area contributed by atoms with Crippen LogP contribution in [0.25, 0.3) is 21.1 Å². The Balaban J connectivity index is 2.07. The molecule has 0 fully saturated rings. The van der Waals surface area contributed by atoms with Crippen molar-refractivity contribution < 1.29 is 9.53 Å². The summed E-state index contributed by atoms with van der Waals surface area (Å²) in [4.78, 5) is 54.9. The molecule has 0 radical (unpaired) electrons. The van der Waals surface area contributed by atoms with Gasteiger partial charge in [-0.25, -0.2) is 9.59 Å². The lowest BCUT2D eigenvalue weighted by Gasteiger charge is -2.12. The summed E-state index contributed by atoms with van der Waals surface area (Å²) in [6, 6.07) is 8.67. The summed E-state index contributed by atoms with van der Waals surface area (Å²) in [5.41, 5.74) is 0.324. The Bertz CT molecular complexity index is 1540. The number of hydrogen-bond acceptors (Lipinski definition) is 6. The number of para-hydroxylation sites is 1. The van der Waals surface area contributed by atoms with Gasteiger partial charge in [-0.3, -0.25) is 18.7 Å². The second-order valence-electron chi connectivity index (χ2n) is 7.79. The summed E-state index contributed by atoms with van der Waals surface area (Å²) in [6.07, 6.45) is 0.243. The first kappa shape index (κ1) is 21.8. The van der Waals surface area contributed by atoms with Crippen molar-refractivity contribution in [3.05, 3.63) is 77.5 Å². The molecule has 0 aliphatic heterocycles. The number of H-pyrrole nitrogens is 1. The van der Waals surface area contributed by atoms with Gasteiger partial charge in [0.1, 0.15) is 4.83 Å². The van der Waals surface area contributed by atoms with E-state index in [0.717, 1.165) is 15.5 Å². The van der Waals surface area contributed by atoms with Crippen LogP contribution in [-0.2, 0) is 18.2 Å². The predicted molar refractivity (Wildman–Crippen MR) is 125 cm³/mol. The lowest BCUT2D eigenvalue weighted by molar-refractivity contribution is 0.0528. The third kappa shape index (κ3) is 3.48. The Labute approximate surface area is 186 Å². The fourth-order valence-electron chi connectivity index (χ4n) is 3.93. The number of carbonyl (C=O) groups excluding carboxylic acids is 1. The third-order valence-corrected chi connectivity index (χ3v) is 6.57. The van der Waals surface area contributed by atoms with Crippen molar-refractivity contribution >= 4 is 38.4 Å². The van der Waals surface area contributed by atoms with Crippen LogP contribution in [0.4, 0.5) is 0 Å². The molecule has 166 valence electrons. The number of carbonyl (C=O) groups is 1. The minimum atomic E-state index is -0.617. The predicted octanol–water partition coefficient (Wildman–Crippen LogP) is 2.95. The molecule has 3 aromatic heterocycles. The highest BCUT2D eigenvalue weighted by Gasteiger charge is 2.27. The smallest absolute Gasteiger partial charge is 0.340 e. The van der Waals surface area contributed by atoms with Crippen LogP contribution in [0, 0.1) is 0 Å². The molecule has 3 heterocycles. The minimum absolute atomic E-state index is 0.147. The van der Waals surface area contributed by atoms with Gasteiger partial charge in [0.15, 0.2) is 0 Å². The summed E-state index contributed by atoms with van der Waals surface area (Å²) >= 11 is 1.22. The van der Waals surface area contributed by atoms with E-state index in [1.54, 1.807) is 6.92 Å². The Kier molecular flexibility index (Phi) is 5.60. The molecule has 0 unspecified atom stereocenters. The first-order chi connectivity index (χ1) is 15.2. The Morgan fingerprint density at radius 2 is 1.91 bits per heavy atom. The molecule has 32 heavy (non-hydrogen) atoms. The highest BCUT2D eigenvalue weighted by molar-refractivity contribution is 7.19. The Hall–Kier alpha value is -3.46. The summed E-state index contributed by atoms with van der Waals surface area (Å²) < 4.78 is 7.81. The van der Waals surface area contributed by atoms with E-state index < -0.39 is 17.2 Å². The Morgan fingerprint density at radius 3 is 2.59 bits per heavy atom. The van der Waals surface area contributed by atoms with Crippen molar-refractivity contribution in [2.24, 2.45) is 7.05 Å². The molecule has 1 aromatic carbocycles. The van der Waals surface area contributed by atoms with E-state index in [2.05, 4.69) is 4.98 Å². The second-order valence-corrected chi connectivity index (χ2v) is 8.88. The zero-order chi connectivity index (χ0) is 23.2. The molecule has 9 heteroatoms. The van der Waals surface area contributed by atoms with Crippen LogP contribution in [0.2, 0.25) is 0 Å². The van der Waals surface area contributed by atoms with Gasteiger partial charge in [0.25, 0.3) is 5.56 Å². The van der Waals surface area contributed by atoms with Gasteiger partial charge < -0.3 is 9.72 Å². The van der Waals surface area contributed by atoms with Crippen molar-refractivity contribution in [1.29, 1.82) is 0 Å². The van der Waals surface area contributed by atoms with Crippen LogP contribution in [0.5, 0.6) is 0 Å². The largest absolute Gasteiger partial charge is 0.462 e. The fourth-order valence-corrected chi connectivity index (χ4v) is 5.36. The number of esters is 1. The number of thiophene rings is 1. The zero-order valence-electron chi connectivity index (χ0n) is 18.2. The van der Waals surface area contributed by atoms with Crippen LogP contribution in [-0.4, -0.2) is 26.7 Å². The molecule has 1 N–H and O–H groups in total. The van der Waals surface area contributed by atoms with Crippen molar-refractivity contribution in [3.8, 4) is 0 Å². The van der Waals surface area contributed by atoms with Crippen LogP contribution in [0.15, 0.2) is 44.7 Å². The number of nitrogens with zero attached hydrogens (tertiary/aromatic N) is 2. The molecule has 0 aliphatic carbocycles. The molecular weight excluding hydrogens is 430 g/mol. The summed E-state index contributed by atoms with van der Waals surface area (Å²) in [5.74, 6) is -0.617. The van der Waals surface area contributed by atoms with Gasteiger partial charge in [0.2, 0.25) is 5.56 Å². The molecule has 0 saturated heterocycles. The van der Waals surface area contributed by atoms with E-state index in [4.69, 9.17) is 4.74 Å². The van der Waals surface area contributed by atoms with Gasteiger partial charge in [0.05, 0.1) is 17.6 Å². The minimum Gasteiger partial charge on any atom is -0.462 e. The normalized spacial score (nSPS) is 11.5. The van der Waals surface area contributed by atoms with Crippen LogP contribution in [0.3, 0.4) is 0 Å². The van der Waals surface area contributed by atoms with Crippen molar-refractivity contribution in [1.82, 2.24) is 14.1 Å². The number of aromatic amines is 1. The molecular formula is C23H23N3O5S. The van der Waals surface area contributed by atoms with Crippen LogP contribution >= 0.6 is 11.3 Å². The average Bonchev–Trinajstić information content (AvgIpc) is 3.10. The maximum Gasteiger partial charge on any atom is 0.340 e. The molecule has 0 saturated carbocycles. The van der Waals surface area contributed by atoms with Crippen molar-refractivity contribution in [3.63, 3.8) is 0 Å². The molecule has 0 spiro atoms. The molecule has 0 bridgehead atoms. The van der Waals surface area contributed by atoms with Crippen LogP contribution in [0.1, 0.15) is 47.6 Å². The number of benzene rings is 1. The lowest BCUT2D eigenvalue weighted by atomic mass is 10.0. The Morgan fingerprint density at radius 1 is 1.19 bits per heavy atom. The number of hydrogen-bond donors (Lipinski definition) is 1. The SMILES string of the molecule is CCOC(=O)c1c(Cc2cc(=O)[nH]c3ccccc23)sc2c1c(=O)n(C)c(=O)n2C(C)C. The third-order valence-electron chi connectivity index (χ3n) is 5.38. The number of rotatable bonds is 5. The molecule has 0 amide bonds. The van der Waals surface area contributed by atoms with E-state index in [1.165, 1.54) is 29.0 Å². The molecule has 0 atom stereocenters. The van der Waals surface area contributed by atoms with Crippen molar-refractivity contribution in [2.75, 3.05) is 6.61 Å². The number of fused-ring (bicyclic) bond motifs is 2. The van der Waals surface area contributed by atoms with Gasteiger partial charge in [-0.2, -0.15) is 0 Å². The quantitative estimate of drug-likeness (QED) is 0.468. The second kappa shape index (κ2) is 8.23. The number of pyridine rings is 1. The maximum absolute atomic E-state index is 13.1. The van der Waals surface area contributed by atoms with E-state index in [-0.39, 0.29) is 35.6 Å². The van der Waals surface area contributed by atoms with Crippen LogP contribution < -0.4 is 16.8 Å². The van der Waals surface area contributed by atoms with E-state index in [0.29, 0.717) is 15.2 Å². The van der Waals surface area contributed by atoms with Crippen molar-refractivity contribution in [2.45, 2.75) is 33.2 Å². The number of ether oxygens (including phenoxy) is 1. The number of aromatic nitrogens is 3. The first-order valence-corrected chi connectivity index (χ1v) is 11.1. The highest BCUT2D eigenvalue weighted by atomic mass is 32.1. The van der Waals surface area contributed by atoms with E-state index in [9.17, 15) is 19.2 Å². The lowest BCUT2D eigenvalue weighted by Crippen LogP contribution is -2.38. The van der Waals surface area contributed by atoms with Gasteiger partial charge >= 0.3 is 11.7 Å². The van der Waals surface area contributed by atoms with Gasteiger partial charge in [-0.1, -0.05) is 18.2 Å². The van der Waals surface area contributed by atoms with Gasteiger partial charge in [-0.15, -0.1) is 11.3 Å². The molecule has 4 aromatic rings.